The van der Waals surface area contributed by atoms with E-state index in [0.29, 0.717) is 19.4 Å². The standard InChI is InChI=1S/C14H21N3O3/c18-12(10-14(13(19)20)5-1-2-6-14)17-7-3-4-11-15-8-9-16-11/h8-9H,1-7,10H2,(H,15,16)(H,17,18)(H,19,20). The number of rotatable bonds is 7. The molecule has 20 heavy (non-hydrogen) atoms. The molecule has 0 aromatic carbocycles. The van der Waals surface area contributed by atoms with Crippen molar-refractivity contribution in [3.8, 4) is 0 Å². The first kappa shape index (κ1) is 14.6. The fourth-order valence-corrected chi connectivity index (χ4v) is 2.81. The SMILES string of the molecule is O=C(CC1(C(=O)O)CCCC1)NCCCc1ncc[nH]1. The van der Waals surface area contributed by atoms with E-state index < -0.39 is 11.4 Å². The van der Waals surface area contributed by atoms with E-state index in [0.717, 1.165) is 31.5 Å². The average Bonchev–Trinajstić information content (AvgIpc) is 3.06. The molecule has 0 spiro atoms. The molecule has 1 fully saturated rings. The Morgan fingerprint density at radius 2 is 2.15 bits per heavy atom. The van der Waals surface area contributed by atoms with Gasteiger partial charge in [-0.05, 0) is 19.3 Å². The average molecular weight is 279 g/mol. The third kappa shape index (κ3) is 3.59. The maximum absolute atomic E-state index is 11.9. The van der Waals surface area contributed by atoms with Crippen LogP contribution < -0.4 is 5.32 Å². The molecule has 2 rings (SSSR count). The number of aliphatic carboxylic acids is 1. The van der Waals surface area contributed by atoms with Crippen molar-refractivity contribution in [2.75, 3.05) is 6.54 Å². The van der Waals surface area contributed by atoms with Crippen molar-refractivity contribution < 1.29 is 14.7 Å². The summed E-state index contributed by atoms with van der Waals surface area (Å²) in [5, 5.41) is 12.1. The highest BCUT2D eigenvalue weighted by Crippen LogP contribution is 2.41. The minimum Gasteiger partial charge on any atom is -0.481 e. The fraction of sp³-hybridized carbons (Fsp3) is 0.643. The van der Waals surface area contributed by atoms with Gasteiger partial charge in [0, 0.05) is 31.8 Å². The Morgan fingerprint density at radius 3 is 2.75 bits per heavy atom. The van der Waals surface area contributed by atoms with Gasteiger partial charge in [-0.2, -0.15) is 0 Å². The van der Waals surface area contributed by atoms with Crippen LogP contribution in [0, 0.1) is 5.41 Å². The maximum atomic E-state index is 11.9. The van der Waals surface area contributed by atoms with Gasteiger partial charge in [0.1, 0.15) is 5.82 Å². The summed E-state index contributed by atoms with van der Waals surface area (Å²) in [6, 6.07) is 0. The molecule has 1 amide bonds. The molecule has 6 heteroatoms. The molecule has 0 bridgehead atoms. The monoisotopic (exact) mass is 279 g/mol. The van der Waals surface area contributed by atoms with Gasteiger partial charge in [-0.15, -0.1) is 0 Å². The van der Waals surface area contributed by atoms with E-state index in [4.69, 9.17) is 0 Å². The Bertz CT molecular complexity index is 450. The number of imidazole rings is 1. The number of nitrogens with one attached hydrogen (secondary N) is 2. The van der Waals surface area contributed by atoms with E-state index in [1.54, 1.807) is 12.4 Å². The summed E-state index contributed by atoms with van der Waals surface area (Å²) in [4.78, 5) is 30.3. The van der Waals surface area contributed by atoms with Gasteiger partial charge in [0.25, 0.3) is 0 Å². The molecule has 1 aliphatic carbocycles. The van der Waals surface area contributed by atoms with Gasteiger partial charge in [-0.25, -0.2) is 4.98 Å². The van der Waals surface area contributed by atoms with Gasteiger partial charge in [-0.3, -0.25) is 9.59 Å². The van der Waals surface area contributed by atoms with Crippen LogP contribution in [0.3, 0.4) is 0 Å². The lowest BCUT2D eigenvalue weighted by atomic mass is 9.82. The molecular weight excluding hydrogens is 258 g/mol. The Balaban J connectivity index is 1.70. The number of carboxylic acids is 1. The van der Waals surface area contributed by atoms with Crippen molar-refractivity contribution in [3.63, 3.8) is 0 Å². The summed E-state index contributed by atoms with van der Waals surface area (Å²) in [5.74, 6) is -0.0912. The Morgan fingerprint density at radius 1 is 1.40 bits per heavy atom. The van der Waals surface area contributed by atoms with Crippen LogP contribution in [-0.4, -0.2) is 33.5 Å². The Kier molecular flexibility index (Phi) is 4.76. The molecule has 0 unspecified atom stereocenters. The second kappa shape index (κ2) is 6.54. The molecule has 0 radical (unpaired) electrons. The second-order valence-electron chi connectivity index (χ2n) is 5.46. The molecule has 1 heterocycles. The molecular formula is C14H21N3O3. The predicted octanol–water partition coefficient (Wildman–Crippen LogP) is 1.49. The van der Waals surface area contributed by atoms with E-state index in [1.807, 2.05) is 0 Å². The number of aromatic amines is 1. The minimum atomic E-state index is -0.833. The number of carboxylic acid groups (broad SMARTS) is 1. The third-order valence-corrected chi connectivity index (χ3v) is 3.98. The smallest absolute Gasteiger partial charge is 0.310 e. The Hall–Kier alpha value is -1.85. The number of carbonyl (C=O) groups is 2. The summed E-state index contributed by atoms with van der Waals surface area (Å²) in [5.41, 5.74) is -0.828. The van der Waals surface area contributed by atoms with Gasteiger partial charge in [-0.1, -0.05) is 12.8 Å². The largest absolute Gasteiger partial charge is 0.481 e. The van der Waals surface area contributed by atoms with Crippen LogP contribution in [0.15, 0.2) is 12.4 Å². The molecule has 0 saturated heterocycles. The van der Waals surface area contributed by atoms with Crippen LogP contribution in [-0.2, 0) is 16.0 Å². The van der Waals surface area contributed by atoms with Crippen LogP contribution in [0.2, 0.25) is 0 Å². The van der Waals surface area contributed by atoms with Gasteiger partial charge in [0.05, 0.1) is 5.41 Å². The van der Waals surface area contributed by atoms with Crippen LogP contribution in [0.25, 0.3) is 0 Å². The number of hydrogen-bond donors (Lipinski definition) is 3. The summed E-state index contributed by atoms with van der Waals surface area (Å²) in [6.45, 7) is 0.551. The van der Waals surface area contributed by atoms with Crippen LogP contribution in [0.5, 0.6) is 0 Å². The van der Waals surface area contributed by atoms with Crippen molar-refractivity contribution in [1.29, 1.82) is 0 Å². The van der Waals surface area contributed by atoms with Crippen molar-refractivity contribution in [2.45, 2.75) is 44.9 Å². The van der Waals surface area contributed by atoms with Gasteiger partial charge in [0.2, 0.25) is 5.91 Å². The predicted molar refractivity (Wildman–Crippen MR) is 73.1 cm³/mol. The molecule has 0 atom stereocenters. The highest BCUT2D eigenvalue weighted by Gasteiger charge is 2.42. The summed E-state index contributed by atoms with van der Waals surface area (Å²) >= 11 is 0. The van der Waals surface area contributed by atoms with Crippen molar-refractivity contribution in [2.24, 2.45) is 5.41 Å². The topological polar surface area (TPSA) is 95.1 Å². The molecule has 0 aliphatic heterocycles. The van der Waals surface area contributed by atoms with Crippen LogP contribution >= 0.6 is 0 Å². The van der Waals surface area contributed by atoms with Gasteiger partial charge >= 0.3 is 5.97 Å². The minimum absolute atomic E-state index is 0.100. The van der Waals surface area contributed by atoms with E-state index in [2.05, 4.69) is 15.3 Å². The summed E-state index contributed by atoms with van der Waals surface area (Å²) in [6.07, 6.45) is 8.16. The zero-order chi connectivity index (χ0) is 14.4. The molecule has 1 saturated carbocycles. The van der Waals surface area contributed by atoms with E-state index >= 15 is 0 Å². The third-order valence-electron chi connectivity index (χ3n) is 3.98. The zero-order valence-corrected chi connectivity index (χ0v) is 11.5. The second-order valence-corrected chi connectivity index (χ2v) is 5.46. The van der Waals surface area contributed by atoms with Crippen molar-refractivity contribution >= 4 is 11.9 Å². The number of aryl methyl sites for hydroxylation is 1. The lowest BCUT2D eigenvalue weighted by Crippen LogP contribution is -2.36. The van der Waals surface area contributed by atoms with Crippen LogP contribution in [0.1, 0.15) is 44.3 Å². The fourth-order valence-electron chi connectivity index (χ4n) is 2.81. The maximum Gasteiger partial charge on any atom is 0.310 e. The first-order chi connectivity index (χ1) is 9.62. The first-order valence-electron chi connectivity index (χ1n) is 7.11. The van der Waals surface area contributed by atoms with Crippen molar-refractivity contribution in [3.05, 3.63) is 18.2 Å². The highest BCUT2D eigenvalue weighted by molar-refractivity contribution is 5.85. The highest BCUT2D eigenvalue weighted by atomic mass is 16.4. The van der Waals surface area contributed by atoms with Crippen LogP contribution in [0.4, 0.5) is 0 Å². The zero-order valence-electron chi connectivity index (χ0n) is 11.5. The molecule has 6 nitrogen and oxygen atoms in total. The molecule has 1 aromatic heterocycles. The first-order valence-corrected chi connectivity index (χ1v) is 7.11. The number of carbonyl (C=O) groups excluding carboxylic acids is 1. The van der Waals surface area contributed by atoms with E-state index in [-0.39, 0.29) is 12.3 Å². The number of amides is 1. The van der Waals surface area contributed by atoms with Gasteiger partial charge < -0.3 is 15.4 Å². The molecule has 1 aromatic rings. The van der Waals surface area contributed by atoms with E-state index in [9.17, 15) is 14.7 Å². The quantitative estimate of drug-likeness (QED) is 0.659. The lowest BCUT2D eigenvalue weighted by Gasteiger charge is -2.22. The molecule has 1 aliphatic rings. The normalized spacial score (nSPS) is 17.0. The van der Waals surface area contributed by atoms with Gasteiger partial charge in [0.15, 0.2) is 0 Å². The van der Waals surface area contributed by atoms with Crippen molar-refractivity contribution in [1.82, 2.24) is 15.3 Å². The number of aromatic nitrogens is 2. The number of nitrogens with zero attached hydrogens (tertiary/aromatic N) is 1. The molecule has 110 valence electrons. The number of hydrogen-bond acceptors (Lipinski definition) is 3. The summed E-state index contributed by atoms with van der Waals surface area (Å²) < 4.78 is 0. The number of H-pyrrole nitrogens is 1. The van der Waals surface area contributed by atoms with E-state index in [1.165, 1.54) is 0 Å². The molecule has 3 N–H and O–H groups in total. The lowest BCUT2D eigenvalue weighted by molar-refractivity contribution is -0.151. The Labute approximate surface area is 118 Å². The summed E-state index contributed by atoms with van der Waals surface area (Å²) in [7, 11) is 0.